The minimum atomic E-state index is -0.511. The second-order valence-corrected chi connectivity index (χ2v) is 3.94. The molecule has 3 heteroatoms. The SMILES string of the molecule is C[C@@H](C#N)Oc1ccccc1-c1cccc(O)c1. The Kier molecular flexibility index (Phi) is 3.49. The number of phenolic OH excluding ortho intramolecular Hbond substituents is 1. The lowest BCUT2D eigenvalue weighted by molar-refractivity contribution is 0.277. The zero-order valence-electron chi connectivity index (χ0n) is 10.00. The van der Waals surface area contributed by atoms with Crippen molar-refractivity contribution in [3.8, 4) is 28.7 Å². The molecule has 2 aromatic carbocycles. The Hall–Kier alpha value is -2.47. The molecule has 1 N–H and O–H groups in total. The van der Waals surface area contributed by atoms with Gasteiger partial charge < -0.3 is 9.84 Å². The molecule has 0 saturated heterocycles. The maximum atomic E-state index is 9.50. The van der Waals surface area contributed by atoms with E-state index in [0.29, 0.717) is 5.75 Å². The van der Waals surface area contributed by atoms with Crippen molar-refractivity contribution < 1.29 is 9.84 Å². The molecule has 0 spiro atoms. The fourth-order valence-electron chi connectivity index (χ4n) is 1.70. The van der Waals surface area contributed by atoms with Gasteiger partial charge in [-0.15, -0.1) is 0 Å². The van der Waals surface area contributed by atoms with E-state index in [1.54, 1.807) is 25.1 Å². The number of rotatable bonds is 3. The standard InChI is InChI=1S/C15H13NO2/c1-11(10-16)18-15-8-3-2-7-14(15)12-5-4-6-13(17)9-12/h2-9,11,17H,1H3/t11-/m0/s1. The molecule has 0 heterocycles. The Morgan fingerprint density at radius 2 is 1.94 bits per heavy atom. The molecule has 3 nitrogen and oxygen atoms in total. The van der Waals surface area contributed by atoms with Crippen LogP contribution in [0.3, 0.4) is 0 Å². The summed E-state index contributed by atoms with van der Waals surface area (Å²) in [6, 6.07) is 16.4. The largest absolute Gasteiger partial charge is 0.508 e. The van der Waals surface area contributed by atoms with Crippen LogP contribution < -0.4 is 4.74 Å². The minimum Gasteiger partial charge on any atom is -0.508 e. The molecule has 2 rings (SSSR count). The van der Waals surface area contributed by atoms with Crippen LogP contribution in [0.1, 0.15) is 6.92 Å². The first-order chi connectivity index (χ1) is 8.70. The van der Waals surface area contributed by atoms with Gasteiger partial charge in [-0.3, -0.25) is 0 Å². The molecule has 0 fully saturated rings. The number of hydrogen-bond acceptors (Lipinski definition) is 3. The smallest absolute Gasteiger partial charge is 0.181 e. The molecule has 0 aliphatic heterocycles. The van der Waals surface area contributed by atoms with Gasteiger partial charge in [-0.25, -0.2) is 0 Å². The molecule has 0 amide bonds. The summed E-state index contributed by atoms with van der Waals surface area (Å²) in [6.07, 6.45) is -0.511. The summed E-state index contributed by atoms with van der Waals surface area (Å²) in [4.78, 5) is 0. The zero-order valence-corrected chi connectivity index (χ0v) is 10.00. The third-order valence-electron chi connectivity index (χ3n) is 2.53. The Labute approximate surface area is 106 Å². The van der Waals surface area contributed by atoms with Crippen molar-refractivity contribution in [1.29, 1.82) is 5.26 Å². The average Bonchev–Trinajstić information content (AvgIpc) is 2.39. The topological polar surface area (TPSA) is 53.2 Å². The summed E-state index contributed by atoms with van der Waals surface area (Å²) >= 11 is 0. The van der Waals surface area contributed by atoms with E-state index in [2.05, 4.69) is 0 Å². The molecule has 90 valence electrons. The van der Waals surface area contributed by atoms with Gasteiger partial charge in [0.15, 0.2) is 6.10 Å². The van der Waals surface area contributed by atoms with Crippen LogP contribution >= 0.6 is 0 Å². The molecule has 18 heavy (non-hydrogen) atoms. The fourth-order valence-corrected chi connectivity index (χ4v) is 1.70. The Balaban J connectivity index is 2.42. The Morgan fingerprint density at radius 3 is 2.67 bits per heavy atom. The summed E-state index contributed by atoms with van der Waals surface area (Å²) in [5.74, 6) is 0.841. The van der Waals surface area contributed by atoms with Gasteiger partial charge in [0.1, 0.15) is 17.6 Å². The predicted molar refractivity (Wildman–Crippen MR) is 69.2 cm³/mol. The highest BCUT2D eigenvalue weighted by atomic mass is 16.5. The van der Waals surface area contributed by atoms with E-state index in [1.165, 1.54) is 0 Å². The summed E-state index contributed by atoms with van der Waals surface area (Å²) in [5, 5.41) is 18.3. The van der Waals surface area contributed by atoms with Crippen molar-refractivity contribution in [1.82, 2.24) is 0 Å². The van der Waals surface area contributed by atoms with Crippen molar-refractivity contribution in [2.45, 2.75) is 13.0 Å². The molecule has 0 unspecified atom stereocenters. The lowest BCUT2D eigenvalue weighted by Crippen LogP contribution is -2.08. The molecular formula is C15H13NO2. The fraction of sp³-hybridized carbons (Fsp3) is 0.133. The Bertz CT molecular complexity index is 587. The van der Waals surface area contributed by atoms with Crippen molar-refractivity contribution >= 4 is 0 Å². The van der Waals surface area contributed by atoms with Crippen molar-refractivity contribution in [3.05, 3.63) is 48.5 Å². The highest BCUT2D eigenvalue weighted by Crippen LogP contribution is 2.31. The highest BCUT2D eigenvalue weighted by molar-refractivity contribution is 5.71. The van der Waals surface area contributed by atoms with Crippen molar-refractivity contribution in [3.63, 3.8) is 0 Å². The molecule has 0 aliphatic rings. The average molecular weight is 239 g/mol. The van der Waals surface area contributed by atoms with Crippen LogP contribution in [0.25, 0.3) is 11.1 Å². The predicted octanol–water partition coefficient (Wildman–Crippen LogP) is 3.35. The number of benzene rings is 2. The lowest BCUT2D eigenvalue weighted by atomic mass is 10.0. The molecule has 1 atom stereocenters. The summed E-state index contributed by atoms with van der Waals surface area (Å²) in [6.45, 7) is 1.69. The van der Waals surface area contributed by atoms with Crippen LogP contribution in [0.15, 0.2) is 48.5 Å². The van der Waals surface area contributed by atoms with Crippen LogP contribution in [0.5, 0.6) is 11.5 Å². The van der Waals surface area contributed by atoms with E-state index in [0.717, 1.165) is 11.1 Å². The Morgan fingerprint density at radius 1 is 1.17 bits per heavy atom. The van der Waals surface area contributed by atoms with E-state index in [9.17, 15) is 5.11 Å². The van der Waals surface area contributed by atoms with Crippen molar-refractivity contribution in [2.75, 3.05) is 0 Å². The van der Waals surface area contributed by atoms with Gasteiger partial charge in [0.2, 0.25) is 0 Å². The second-order valence-electron chi connectivity index (χ2n) is 3.94. The first-order valence-electron chi connectivity index (χ1n) is 5.65. The number of nitrogens with zero attached hydrogens (tertiary/aromatic N) is 1. The molecule has 0 aliphatic carbocycles. The molecule has 0 radical (unpaired) electrons. The number of phenols is 1. The van der Waals surface area contributed by atoms with E-state index in [1.807, 2.05) is 36.4 Å². The third kappa shape index (κ3) is 2.61. The molecule has 2 aromatic rings. The summed E-state index contributed by atoms with van der Waals surface area (Å²) < 4.78 is 5.55. The van der Waals surface area contributed by atoms with Crippen LogP contribution in [0, 0.1) is 11.3 Å². The maximum Gasteiger partial charge on any atom is 0.181 e. The highest BCUT2D eigenvalue weighted by Gasteiger charge is 2.09. The van der Waals surface area contributed by atoms with Crippen LogP contribution in [-0.2, 0) is 0 Å². The molecule has 0 aromatic heterocycles. The van der Waals surface area contributed by atoms with E-state index < -0.39 is 6.10 Å². The minimum absolute atomic E-state index is 0.204. The van der Waals surface area contributed by atoms with Gasteiger partial charge in [0.05, 0.1) is 0 Å². The monoisotopic (exact) mass is 239 g/mol. The van der Waals surface area contributed by atoms with Gasteiger partial charge in [0, 0.05) is 5.56 Å². The maximum absolute atomic E-state index is 9.50. The van der Waals surface area contributed by atoms with Gasteiger partial charge in [0.25, 0.3) is 0 Å². The summed E-state index contributed by atoms with van der Waals surface area (Å²) in [5.41, 5.74) is 1.71. The normalized spacial score (nSPS) is 11.6. The molecule has 0 saturated carbocycles. The summed E-state index contributed by atoms with van der Waals surface area (Å²) in [7, 11) is 0. The van der Waals surface area contributed by atoms with E-state index in [-0.39, 0.29) is 5.75 Å². The number of para-hydroxylation sites is 1. The number of aromatic hydroxyl groups is 1. The van der Waals surface area contributed by atoms with Crippen LogP contribution in [-0.4, -0.2) is 11.2 Å². The third-order valence-corrected chi connectivity index (χ3v) is 2.53. The van der Waals surface area contributed by atoms with Crippen LogP contribution in [0.2, 0.25) is 0 Å². The molecular weight excluding hydrogens is 226 g/mol. The second kappa shape index (κ2) is 5.24. The van der Waals surface area contributed by atoms with Gasteiger partial charge in [-0.1, -0.05) is 30.3 Å². The van der Waals surface area contributed by atoms with E-state index in [4.69, 9.17) is 10.00 Å². The first-order valence-corrected chi connectivity index (χ1v) is 5.65. The number of nitriles is 1. The number of hydrogen-bond donors (Lipinski definition) is 1. The van der Waals surface area contributed by atoms with Gasteiger partial charge in [-0.05, 0) is 30.7 Å². The van der Waals surface area contributed by atoms with E-state index >= 15 is 0 Å². The first kappa shape index (κ1) is 12.0. The lowest BCUT2D eigenvalue weighted by Gasteiger charge is -2.12. The van der Waals surface area contributed by atoms with Gasteiger partial charge >= 0.3 is 0 Å². The van der Waals surface area contributed by atoms with Crippen molar-refractivity contribution in [2.24, 2.45) is 0 Å². The van der Waals surface area contributed by atoms with Gasteiger partial charge in [-0.2, -0.15) is 5.26 Å². The van der Waals surface area contributed by atoms with Crippen LogP contribution in [0.4, 0.5) is 0 Å². The zero-order chi connectivity index (χ0) is 13.0. The number of ether oxygens (including phenoxy) is 1. The quantitative estimate of drug-likeness (QED) is 0.893. The molecule has 0 bridgehead atoms.